The van der Waals surface area contributed by atoms with Gasteiger partial charge < -0.3 is 11.1 Å². The summed E-state index contributed by atoms with van der Waals surface area (Å²) in [4.78, 5) is 12.2. The molecule has 6 nitrogen and oxygen atoms in total. The normalized spacial score (nSPS) is 12.0. The van der Waals surface area contributed by atoms with E-state index in [1.807, 2.05) is 6.92 Å². The molecule has 27 heavy (non-hydrogen) atoms. The van der Waals surface area contributed by atoms with Crippen molar-refractivity contribution in [1.82, 2.24) is 5.32 Å². The number of nitrogens with two attached hydrogens (primary N) is 1. The Morgan fingerprint density at radius 1 is 1.22 bits per heavy atom. The number of sulfonamides is 1. The first-order valence-electron chi connectivity index (χ1n) is 8.11. The first-order valence-corrected chi connectivity index (χ1v) is 9.59. The van der Waals surface area contributed by atoms with Crippen LogP contribution in [0.5, 0.6) is 0 Å². The van der Waals surface area contributed by atoms with Gasteiger partial charge in [-0.1, -0.05) is 25.1 Å². The summed E-state index contributed by atoms with van der Waals surface area (Å²) >= 11 is 0. The monoisotopic (exact) mass is 415 g/mol. The van der Waals surface area contributed by atoms with Crippen LogP contribution in [0.15, 0.2) is 47.4 Å². The fourth-order valence-electron chi connectivity index (χ4n) is 2.21. The van der Waals surface area contributed by atoms with Crippen LogP contribution >= 0.6 is 12.4 Å². The van der Waals surface area contributed by atoms with Crippen molar-refractivity contribution in [1.29, 1.82) is 0 Å². The molecule has 0 saturated heterocycles. The van der Waals surface area contributed by atoms with Gasteiger partial charge in [-0.05, 0) is 49.2 Å². The average molecular weight is 416 g/mol. The maximum atomic E-state index is 13.7. The highest BCUT2D eigenvalue weighted by atomic mass is 35.5. The Balaban J connectivity index is 0.00000364. The maximum Gasteiger partial charge on any atom is 0.262 e. The van der Waals surface area contributed by atoms with Gasteiger partial charge >= 0.3 is 0 Å². The van der Waals surface area contributed by atoms with E-state index in [2.05, 4.69) is 10.0 Å². The van der Waals surface area contributed by atoms with Crippen LogP contribution in [0.2, 0.25) is 0 Å². The Morgan fingerprint density at radius 3 is 2.52 bits per heavy atom. The minimum atomic E-state index is -4.03. The van der Waals surface area contributed by atoms with Crippen molar-refractivity contribution in [2.75, 3.05) is 17.8 Å². The fourth-order valence-corrected chi connectivity index (χ4v) is 3.30. The Bertz CT molecular complexity index is 906. The number of rotatable bonds is 7. The molecule has 1 amide bonds. The lowest BCUT2D eigenvalue weighted by Gasteiger charge is -2.13. The van der Waals surface area contributed by atoms with Crippen LogP contribution in [0.4, 0.5) is 10.1 Å². The minimum Gasteiger partial charge on any atom is -0.352 e. The van der Waals surface area contributed by atoms with Crippen LogP contribution in [0, 0.1) is 18.7 Å². The first-order chi connectivity index (χ1) is 12.2. The second-order valence-electron chi connectivity index (χ2n) is 6.11. The smallest absolute Gasteiger partial charge is 0.262 e. The summed E-state index contributed by atoms with van der Waals surface area (Å²) in [6, 6.07) is 9.65. The van der Waals surface area contributed by atoms with E-state index in [9.17, 15) is 17.6 Å². The molecule has 4 N–H and O–H groups in total. The Kier molecular flexibility index (Phi) is 8.20. The third-order valence-corrected chi connectivity index (χ3v) is 5.26. The van der Waals surface area contributed by atoms with Crippen LogP contribution < -0.4 is 15.8 Å². The van der Waals surface area contributed by atoms with E-state index < -0.39 is 15.8 Å². The van der Waals surface area contributed by atoms with Crippen molar-refractivity contribution in [2.45, 2.75) is 18.7 Å². The van der Waals surface area contributed by atoms with Gasteiger partial charge in [-0.2, -0.15) is 0 Å². The molecular weight excluding hydrogens is 393 g/mol. The standard InChI is InChI=1S/C18H22FN3O3S.ClH/c1-12(10-20)11-21-18(23)15-9-14(8-7-13(15)2)26(24,25)22-17-6-4-3-5-16(17)19;/h3-9,12,22H,10-11,20H2,1-2H3,(H,21,23);1H. The van der Waals surface area contributed by atoms with E-state index in [1.54, 1.807) is 6.92 Å². The molecule has 2 rings (SSSR count). The number of hydrogen-bond acceptors (Lipinski definition) is 4. The molecule has 2 aromatic rings. The number of halogens is 2. The van der Waals surface area contributed by atoms with E-state index >= 15 is 0 Å². The zero-order chi connectivity index (χ0) is 19.3. The van der Waals surface area contributed by atoms with Crippen molar-refractivity contribution in [3.05, 3.63) is 59.4 Å². The molecular formula is C18H23ClFN3O3S. The number of nitrogens with one attached hydrogen (secondary N) is 2. The quantitative estimate of drug-likeness (QED) is 0.647. The number of carbonyl (C=O) groups is 1. The summed E-state index contributed by atoms with van der Waals surface area (Å²) in [5.41, 5.74) is 6.24. The van der Waals surface area contributed by atoms with E-state index in [0.29, 0.717) is 18.7 Å². The van der Waals surface area contributed by atoms with Crippen molar-refractivity contribution in [3.63, 3.8) is 0 Å². The first kappa shape index (κ1) is 22.9. The minimum absolute atomic E-state index is 0. The SMILES string of the molecule is Cc1ccc(S(=O)(=O)Nc2ccccc2F)cc1C(=O)NCC(C)CN.Cl. The molecule has 0 aromatic heterocycles. The molecule has 9 heteroatoms. The molecule has 0 aliphatic heterocycles. The van der Waals surface area contributed by atoms with Crippen molar-refractivity contribution >= 4 is 34.0 Å². The van der Waals surface area contributed by atoms with Gasteiger partial charge in [-0.15, -0.1) is 12.4 Å². The Morgan fingerprint density at radius 2 is 1.89 bits per heavy atom. The molecule has 0 spiro atoms. The lowest BCUT2D eigenvalue weighted by atomic mass is 10.1. The van der Waals surface area contributed by atoms with Crippen LogP contribution in [-0.4, -0.2) is 27.4 Å². The molecule has 1 unspecified atom stereocenters. The lowest BCUT2D eigenvalue weighted by Crippen LogP contribution is -2.31. The average Bonchev–Trinajstić information content (AvgIpc) is 2.61. The van der Waals surface area contributed by atoms with Crippen LogP contribution in [0.1, 0.15) is 22.8 Å². The molecule has 1 atom stereocenters. The molecule has 0 aliphatic carbocycles. The maximum absolute atomic E-state index is 13.7. The Hall–Kier alpha value is -2.16. The molecule has 0 heterocycles. The number of benzene rings is 2. The Labute approximate surface area is 164 Å². The molecule has 2 aromatic carbocycles. The summed E-state index contributed by atoms with van der Waals surface area (Å²) in [6.07, 6.45) is 0. The van der Waals surface area contributed by atoms with Gasteiger partial charge in [0.05, 0.1) is 10.6 Å². The van der Waals surface area contributed by atoms with Gasteiger partial charge in [0.25, 0.3) is 15.9 Å². The highest BCUT2D eigenvalue weighted by molar-refractivity contribution is 7.92. The van der Waals surface area contributed by atoms with E-state index in [0.717, 1.165) is 6.07 Å². The number of amides is 1. The van der Waals surface area contributed by atoms with Crippen molar-refractivity contribution < 1.29 is 17.6 Å². The van der Waals surface area contributed by atoms with Crippen molar-refractivity contribution in [2.24, 2.45) is 11.7 Å². The predicted octanol–water partition coefficient (Wildman–Crippen LogP) is 2.68. The predicted molar refractivity (Wildman–Crippen MR) is 106 cm³/mol. The van der Waals surface area contributed by atoms with Crippen LogP contribution in [-0.2, 0) is 10.0 Å². The molecule has 148 valence electrons. The third kappa shape index (κ3) is 5.92. The topological polar surface area (TPSA) is 101 Å². The summed E-state index contributed by atoms with van der Waals surface area (Å²) < 4.78 is 41.0. The van der Waals surface area contributed by atoms with Gasteiger partial charge in [0.1, 0.15) is 5.82 Å². The van der Waals surface area contributed by atoms with Gasteiger partial charge in [-0.25, -0.2) is 12.8 Å². The van der Waals surface area contributed by atoms with Gasteiger partial charge in [0.2, 0.25) is 0 Å². The summed E-state index contributed by atoms with van der Waals surface area (Å²) in [5, 5.41) is 2.73. The number of aryl methyl sites for hydroxylation is 1. The van der Waals surface area contributed by atoms with E-state index in [4.69, 9.17) is 5.73 Å². The van der Waals surface area contributed by atoms with Crippen LogP contribution in [0.3, 0.4) is 0 Å². The highest BCUT2D eigenvalue weighted by Crippen LogP contribution is 2.21. The molecule has 0 bridgehead atoms. The number of para-hydroxylation sites is 1. The molecule has 0 radical (unpaired) electrons. The number of anilines is 1. The zero-order valence-electron chi connectivity index (χ0n) is 15.0. The lowest BCUT2D eigenvalue weighted by molar-refractivity contribution is 0.0947. The summed E-state index contributed by atoms with van der Waals surface area (Å²) in [6.45, 7) is 4.42. The number of hydrogen-bond donors (Lipinski definition) is 3. The van der Waals surface area contributed by atoms with E-state index in [1.165, 1.54) is 36.4 Å². The second kappa shape index (κ2) is 9.68. The van der Waals surface area contributed by atoms with Crippen molar-refractivity contribution in [3.8, 4) is 0 Å². The van der Waals surface area contributed by atoms with Gasteiger partial charge in [0.15, 0.2) is 0 Å². The van der Waals surface area contributed by atoms with Gasteiger partial charge in [-0.3, -0.25) is 9.52 Å². The highest BCUT2D eigenvalue weighted by Gasteiger charge is 2.19. The third-order valence-electron chi connectivity index (χ3n) is 3.90. The fraction of sp³-hybridized carbons (Fsp3) is 0.278. The number of carbonyl (C=O) groups excluding carboxylic acids is 1. The largest absolute Gasteiger partial charge is 0.352 e. The summed E-state index contributed by atoms with van der Waals surface area (Å²) in [5.74, 6) is -0.962. The molecule has 0 aliphatic rings. The van der Waals surface area contributed by atoms with E-state index in [-0.39, 0.29) is 40.4 Å². The zero-order valence-corrected chi connectivity index (χ0v) is 16.7. The van der Waals surface area contributed by atoms with Crippen LogP contribution in [0.25, 0.3) is 0 Å². The molecule has 0 fully saturated rings. The second-order valence-corrected chi connectivity index (χ2v) is 7.80. The molecule has 0 saturated carbocycles. The summed E-state index contributed by atoms with van der Waals surface area (Å²) in [7, 11) is -4.03. The van der Waals surface area contributed by atoms with Gasteiger partial charge in [0, 0.05) is 12.1 Å².